The molecule has 0 fully saturated rings. The molecule has 0 N–H and O–H groups in total. The minimum absolute atomic E-state index is 0.0685. The van der Waals surface area contributed by atoms with E-state index < -0.39 is 16.1 Å². The number of hydrogen-bond acceptors (Lipinski definition) is 4. The van der Waals surface area contributed by atoms with Crippen LogP contribution >= 0.6 is 23.2 Å². The Bertz CT molecular complexity index is 1620. The van der Waals surface area contributed by atoms with Crippen LogP contribution < -0.4 is 5.56 Å². The van der Waals surface area contributed by atoms with Gasteiger partial charge >= 0.3 is 0 Å². The van der Waals surface area contributed by atoms with Crippen LogP contribution in [0, 0.1) is 0 Å². The van der Waals surface area contributed by atoms with E-state index in [1.54, 1.807) is 31.2 Å². The third-order valence-electron chi connectivity index (χ3n) is 6.92. The van der Waals surface area contributed by atoms with Crippen molar-refractivity contribution in [2.45, 2.75) is 63.8 Å². The molecule has 4 aromatic rings. The number of hydrogen-bond donors (Lipinski definition) is 0. The highest BCUT2D eigenvalue weighted by Crippen LogP contribution is 2.33. The van der Waals surface area contributed by atoms with Gasteiger partial charge in [0.1, 0.15) is 10.7 Å². The van der Waals surface area contributed by atoms with Crippen LogP contribution in [-0.2, 0) is 16.4 Å². The average molecular weight is 587 g/mol. The molecular weight excluding hydrogens is 553 g/mol. The molecular formula is C30H33Cl2N3O3S. The predicted octanol–water partition coefficient (Wildman–Crippen LogP) is 7.59. The van der Waals surface area contributed by atoms with Gasteiger partial charge in [-0.3, -0.25) is 9.36 Å². The molecule has 0 amide bonds. The zero-order chi connectivity index (χ0) is 28.2. The number of fused-ring (bicyclic) bond motifs is 1. The second-order valence-electron chi connectivity index (χ2n) is 9.57. The molecule has 0 radical (unpaired) electrons. The van der Waals surface area contributed by atoms with Crippen molar-refractivity contribution >= 4 is 44.1 Å². The van der Waals surface area contributed by atoms with Crippen molar-refractivity contribution < 1.29 is 8.42 Å². The number of sulfonamides is 1. The molecule has 0 saturated heterocycles. The summed E-state index contributed by atoms with van der Waals surface area (Å²) in [6.45, 7) is 6.17. The number of aryl methyl sites for hydroxylation is 1. The van der Waals surface area contributed by atoms with Crippen molar-refractivity contribution in [2.24, 2.45) is 0 Å². The lowest BCUT2D eigenvalue weighted by Gasteiger charge is -2.30. The van der Waals surface area contributed by atoms with E-state index >= 15 is 0 Å². The molecule has 0 aliphatic carbocycles. The average Bonchev–Trinajstić information content (AvgIpc) is 2.94. The van der Waals surface area contributed by atoms with Crippen LogP contribution in [0.4, 0.5) is 0 Å². The summed E-state index contributed by atoms with van der Waals surface area (Å²) in [5, 5.41) is 0.820. The lowest BCUT2D eigenvalue weighted by atomic mass is 10.1. The van der Waals surface area contributed by atoms with Crippen LogP contribution in [0.15, 0.2) is 76.4 Å². The molecule has 0 bridgehead atoms. The van der Waals surface area contributed by atoms with Crippen LogP contribution in [0.3, 0.4) is 0 Å². The molecule has 3 aromatic carbocycles. The first-order valence-electron chi connectivity index (χ1n) is 13.3. The summed E-state index contributed by atoms with van der Waals surface area (Å²) in [5.74, 6) is 0.333. The van der Waals surface area contributed by atoms with Gasteiger partial charge < -0.3 is 0 Å². The Morgan fingerprint density at radius 2 is 1.67 bits per heavy atom. The first-order chi connectivity index (χ1) is 18.7. The van der Waals surface area contributed by atoms with Crippen molar-refractivity contribution in [3.63, 3.8) is 0 Å². The van der Waals surface area contributed by atoms with Crippen LogP contribution in [-0.4, -0.2) is 28.8 Å². The van der Waals surface area contributed by atoms with Crippen molar-refractivity contribution in [1.29, 1.82) is 0 Å². The Labute approximate surface area is 240 Å². The summed E-state index contributed by atoms with van der Waals surface area (Å²) in [6, 6.07) is 18.4. The van der Waals surface area contributed by atoms with Gasteiger partial charge in [0.05, 0.1) is 27.7 Å². The van der Waals surface area contributed by atoms with E-state index in [0.29, 0.717) is 28.8 Å². The summed E-state index contributed by atoms with van der Waals surface area (Å²) in [4.78, 5) is 18.7. The lowest BCUT2D eigenvalue weighted by molar-refractivity contribution is 0.319. The molecule has 0 aliphatic heterocycles. The van der Waals surface area contributed by atoms with Gasteiger partial charge in [-0.2, -0.15) is 4.31 Å². The van der Waals surface area contributed by atoms with Gasteiger partial charge in [-0.25, -0.2) is 13.4 Å². The summed E-state index contributed by atoms with van der Waals surface area (Å²) in [5.41, 5.74) is 2.01. The quantitative estimate of drug-likeness (QED) is 0.170. The van der Waals surface area contributed by atoms with E-state index in [4.69, 9.17) is 28.2 Å². The maximum atomic E-state index is 14.1. The molecule has 1 heterocycles. The van der Waals surface area contributed by atoms with Gasteiger partial charge in [-0.05, 0) is 67.8 Å². The van der Waals surface area contributed by atoms with Crippen molar-refractivity contribution in [1.82, 2.24) is 13.9 Å². The van der Waals surface area contributed by atoms with Gasteiger partial charge in [0, 0.05) is 11.6 Å². The first-order valence-corrected chi connectivity index (χ1v) is 15.5. The third kappa shape index (κ3) is 6.22. The van der Waals surface area contributed by atoms with Crippen molar-refractivity contribution in [2.75, 3.05) is 6.54 Å². The standard InChI is InChI=1S/C30H33Cl2N3O3S/c1-4-6-7-10-19-34(39(37,38)28-20-23(31)15-18-26(28)32)21(3)29-33-27-12-9-8-11-25(27)30(36)35(29)24-16-13-22(5-2)14-17-24/h8-9,11-18,20-21H,4-7,10,19H2,1-3H3. The normalized spacial score (nSPS) is 12.8. The Hall–Kier alpha value is -2.71. The summed E-state index contributed by atoms with van der Waals surface area (Å²) in [6.07, 6.45) is 4.39. The summed E-state index contributed by atoms with van der Waals surface area (Å²) >= 11 is 12.6. The first kappa shape index (κ1) is 29.3. The van der Waals surface area contributed by atoms with Crippen LogP contribution in [0.2, 0.25) is 10.0 Å². The molecule has 0 spiro atoms. The number of unbranched alkanes of at least 4 members (excludes halogenated alkanes) is 3. The number of benzene rings is 3. The second-order valence-corrected chi connectivity index (χ2v) is 12.3. The number of halogens is 2. The van der Waals surface area contributed by atoms with E-state index in [1.807, 2.05) is 30.3 Å². The molecule has 1 aromatic heterocycles. The van der Waals surface area contributed by atoms with E-state index in [-0.39, 0.29) is 27.0 Å². The molecule has 0 aliphatic rings. The molecule has 6 nitrogen and oxygen atoms in total. The summed E-state index contributed by atoms with van der Waals surface area (Å²) < 4.78 is 31.2. The fourth-order valence-electron chi connectivity index (χ4n) is 4.71. The molecule has 0 saturated carbocycles. The van der Waals surface area contributed by atoms with Gasteiger partial charge in [-0.15, -0.1) is 0 Å². The fourth-order valence-corrected chi connectivity index (χ4v) is 7.08. The molecule has 1 unspecified atom stereocenters. The van der Waals surface area contributed by atoms with E-state index in [2.05, 4.69) is 13.8 Å². The molecule has 39 heavy (non-hydrogen) atoms. The highest BCUT2D eigenvalue weighted by Gasteiger charge is 2.34. The monoisotopic (exact) mass is 585 g/mol. The SMILES string of the molecule is CCCCCCN(C(C)c1nc2ccccc2c(=O)n1-c1ccc(CC)cc1)S(=O)(=O)c1cc(Cl)ccc1Cl. The topological polar surface area (TPSA) is 72.3 Å². The van der Waals surface area contributed by atoms with Crippen molar-refractivity contribution in [3.8, 4) is 5.69 Å². The minimum atomic E-state index is -4.10. The predicted molar refractivity (Wildman–Crippen MR) is 160 cm³/mol. The molecule has 1 atom stereocenters. The maximum Gasteiger partial charge on any atom is 0.266 e. The summed E-state index contributed by atoms with van der Waals surface area (Å²) in [7, 11) is -4.10. The van der Waals surface area contributed by atoms with Crippen molar-refractivity contribution in [3.05, 3.63) is 98.5 Å². The van der Waals surface area contributed by atoms with Gasteiger partial charge in [0.25, 0.3) is 5.56 Å². The van der Waals surface area contributed by atoms with Gasteiger partial charge in [0.15, 0.2) is 0 Å². The number of aromatic nitrogens is 2. The minimum Gasteiger partial charge on any atom is -0.268 e. The Morgan fingerprint density at radius 1 is 0.949 bits per heavy atom. The van der Waals surface area contributed by atoms with Gasteiger partial charge in [-0.1, -0.05) is 80.6 Å². The molecule has 206 valence electrons. The highest BCUT2D eigenvalue weighted by atomic mass is 35.5. The highest BCUT2D eigenvalue weighted by molar-refractivity contribution is 7.89. The number of para-hydroxylation sites is 1. The molecule has 4 rings (SSSR count). The van der Waals surface area contributed by atoms with Crippen LogP contribution in [0.1, 0.15) is 63.9 Å². The second kappa shape index (κ2) is 12.6. The zero-order valence-corrected chi connectivity index (χ0v) is 24.7. The van der Waals surface area contributed by atoms with E-state index in [1.165, 1.54) is 21.0 Å². The number of rotatable bonds is 11. The Balaban J connectivity index is 1.92. The fraction of sp³-hybridized carbons (Fsp3) is 0.333. The smallest absolute Gasteiger partial charge is 0.266 e. The molecule has 9 heteroatoms. The largest absolute Gasteiger partial charge is 0.268 e. The van der Waals surface area contributed by atoms with Crippen LogP contribution in [0.25, 0.3) is 16.6 Å². The zero-order valence-electron chi connectivity index (χ0n) is 22.4. The Kier molecular flexibility index (Phi) is 9.49. The van der Waals surface area contributed by atoms with E-state index in [9.17, 15) is 13.2 Å². The third-order valence-corrected chi connectivity index (χ3v) is 9.61. The Morgan fingerprint density at radius 3 is 2.36 bits per heavy atom. The number of nitrogens with zero attached hydrogens (tertiary/aromatic N) is 3. The van der Waals surface area contributed by atoms with Crippen LogP contribution in [0.5, 0.6) is 0 Å². The van der Waals surface area contributed by atoms with E-state index in [0.717, 1.165) is 31.2 Å². The van der Waals surface area contributed by atoms with Gasteiger partial charge in [0.2, 0.25) is 10.0 Å². The lowest BCUT2D eigenvalue weighted by Crippen LogP contribution is -2.38. The maximum absolute atomic E-state index is 14.1.